The van der Waals surface area contributed by atoms with Gasteiger partial charge in [0.25, 0.3) is 6.47 Å². The number of aromatic carboxylic acids is 1. The molecule has 10 heteroatoms. The van der Waals surface area contributed by atoms with Crippen molar-refractivity contribution < 1.29 is 24.6 Å². The summed E-state index contributed by atoms with van der Waals surface area (Å²) >= 11 is 0. The number of fused-ring (bicyclic) bond motifs is 1. The maximum atomic E-state index is 12.5. The van der Waals surface area contributed by atoms with Crippen LogP contribution >= 0.6 is 0 Å². The molecule has 0 fully saturated rings. The van der Waals surface area contributed by atoms with Gasteiger partial charge in [0.1, 0.15) is 0 Å². The van der Waals surface area contributed by atoms with Crippen molar-refractivity contribution in [1.82, 2.24) is 24.9 Å². The number of rotatable bonds is 4. The van der Waals surface area contributed by atoms with Gasteiger partial charge in [-0.15, -0.1) is 0 Å². The number of carboxylic acid groups (broad SMARTS) is 2. The zero-order valence-electron chi connectivity index (χ0n) is 15.5. The van der Waals surface area contributed by atoms with Gasteiger partial charge in [0.05, 0.1) is 17.9 Å². The highest BCUT2D eigenvalue weighted by Gasteiger charge is 2.27. The standard InChI is InChI=1S/C16H21N5O3.CH2O2/c1-9-11(10(2)20(3)19-9)4-5-14(22)21-7-6-12-13(8-21)17-18-15(12)16(23)24;2-1-3/h4-8H2,1-3H3,(H,17,18)(H,23,24);1H,(H,2,3). The molecule has 0 unspecified atom stereocenters. The molecule has 3 rings (SSSR count). The van der Waals surface area contributed by atoms with Crippen molar-refractivity contribution in [2.24, 2.45) is 7.05 Å². The number of amides is 1. The van der Waals surface area contributed by atoms with E-state index in [0.717, 1.165) is 22.6 Å². The van der Waals surface area contributed by atoms with Crippen molar-refractivity contribution in [3.05, 3.63) is 33.9 Å². The van der Waals surface area contributed by atoms with Gasteiger partial charge in [-0.3, -0.25) is 19.4 Å². The maximum Gasteiger partial charge on any atom is 0.356 e. The van der Waals surface area contributed by atoms with E-state index in [2.05, 4.69) is 15.3 Å². The monoisotopic (exact) mass is 377 g/mol. The van der Waals surface area contributed by atoms with Crippen LogP contribution < -0.4 is 0 Å². The Kier molecular flexibility index (Phi) is 6.32. The van der Waals surface area contributed by atoms with E-state index in [0.29, 0.717) is 37.9 Å². The largest absolute Gasteiger partial charge is 0.483 e. The molecule has 0 bridgehead atoms. The van der Waals surface area contributed by atoms with E-state index >= 15 is 0 Å². The van der Waals surface area contributed by atoms with Gasteiger partial charge in [0, 0.05) is 31.3 Å². The smallest absolute Gasteiger partial charge is 0.356 e. The predicted octanol–water partition coefficient (Wildman–Crippen LogP) is 0.677. The number of hydrogen-bond acceptors (Lipinski definition) is 5. The molecule has 27 heavy (non-hydrogen) atoms. The Labute approximate surface area is 155 Å². The first kappa shape index (κ1) is 20.1. The summed E-state index contributed by atoms with van der Waals surface area (Å²) in [6.45, 7) is 4.62. The van der Waals surface area contributed by atoms with Gasteiger partial charge in [-0.05, 0) is 32.3 Å². The molecule has 0 saturated heterocycles. The summed E-state index contributed by atoms with van der Waals surface area (Å²) < 4.78 is 1.83. The summed E-state index contributed by atoms with van der Waals surface area (Å²) in [6.07, 6.45) is 1.60. The maximum absolute atomic E-state index is 12.5. The third-order valence-electron chi connectivity index (χ3n) is 4.74. The molecular weight excluding hydrogens is 354 g/mol. The molecule has 0 radical (unpaired) electrons. The molecule has 1 aliphatic rings. The highest BCUT2D eigenvalue weighted by atomic mass is 16.4. The van der Waals surface area contributed by atoms with Crippen LogP contribution in [0.25, 0.3) is 0 Å². The summed E-state index contributed by atoms with van der Waals surface area (Å²) in [5.74, 6) is -0.968. The lowest BCUT2D eigenvalue weighted by molar-refractivity contribution is -0.132. The zero-order chi connectivity index (χ0) is 20.1. The molecule has 3 N–H and O–H groups in total. The van der Waals surface area contributed by atoms with Crippen molar-refractivity contribution in [1.29, 1.82) is 0 Å². The molecule has 2 aromatic heterocycles. The third kappa shape index (κ3) is 4.33. The Balaban J connectivity index is 0.000000817. The molecule has 0 saturated carbocycles. The number of H-pyrrole nitrogens is 1. The summed E-state index contributed by atoms with van der Waals surface area (Å²) in [7, 11) is 1.90. The van der Waals surface area contributed by atoms with Gasteiger partial charge in [-0.2, -0.15) is 10.2 Å². The van der Waals surface area contributed by atoms with Crippen LogP contribution in [-0.4, -0.2) is 60.0 Å². The van der Waals surface area contributed by atoms with Gasteiger partial charge in [-0.1, -0.05) is 0 Å². The number of carboxylic acids is 1. The first-order valence-corrected chi connectivity index (χ1v) is 8.44. The Morgan fingerprint density at radius 3 is 2.56 bits per heavy atom. The molecular formula is C17H23N5O5. The highest BCUT2D eigenvalue weighted by Crippen LogP contribution is 2.21. The number of carbonyl (C=O) groups excluding carboxylic acids is 1. The van der Waals surface area contributed by atoms with Crippen molar-refractivity contribution in [3.8, 4) is 0 Å². The average molecular weight is 377 g/mol. The van der Waals surface area contributed by atoms with E-state index in [1.807, 2.05) is 25.6 Å². The second kappa shape index (κ2) is 8.47. The number of aryl methyl sites for hydroxylation is 2. The molecule has 2 aromatic rings. The normalized spacial score (nSPS) is 12.8. The van der Waals surface area contributed by atoms with E-state index in [1.165, 1.54) is 0 Å². The van der Waals surface area contributed by atoms with Crippen LogP contribution in [0, 0.1) is 13.8 Å². The number of hydrogen-bond donors (Lipinski definition) is 3. The molecule has 146 valence electrons. The summed E-state index contributed by atoms with van der Waals surface area (Å²) in [4.78, 5) is 33.7. The topological polar surface area (TPSA) is 141 Å². The van der Waals surface area contributed by atoms with E-state index < -0.39 is 5.97 Å². The Morgan fingerprint density at radius 1 is 1.33 bits per heavy atom. The van der Waals surface area contributed by atoms with Crippen molar-refractivity contribution in [2.75, 3.05) is 6.54 Å². The minimum Gasteiger partial charge on any atom is -0.483 e. The number of nitrogens with zero attached hydrogens (tertiary/aromatic N) is 4. The minimum absolute atomic E-state index is 0.0646. The highest BCUT2D eigenvalue weighted by molar-refractivity contribution is 5.87. The lowest BCUT2D eigenvalue weighted by atomic mass is 10.0. The molecule has 0 atom stereocenters. The van der Waals surface area contributed by atoms with Crippen molar-refractivity contribution in [3.63, 3.8) is 0 Å². The van der Waals surface area contributed by atoms with Crippen LogP contribution in [0.15, 0.2) is 0 Å². The van der Waals surface area contributed by atoms with Crippen molar-refractivity contribution >= 4 is 18.3 Å². The van der Waals surface area contributed by atoms with E-state index in [1.54, 1.807) is 4.90 Å². The number of aromatic amines is 1. The fourth-order valence-corrected chi connectivity index (χ4v) is 3.28. The summed E-state index contributed by atoms with van der Waals surface area (Å²) in [6, 6.07) is 0. The molecule has 0 spiro atoms. The van der Waals surface area contributed by atoms with E-state index in [-0.39, 0.29) is 18.1 Å². The van der Waals surface area contributed by atoms with Crippen molar-refractivity contribution in [2.45, 2.75) is 39.7 Å². The minimum atomic E-state index is -1.03. The predicted molar refractivity (Wildman–Crippen MR) is 94.4 cm³/mol. The third-order valence-corrected chi connectivity index (χ3v) is 4.74. The second-order valence-electron chi connectivity index (χ2n) is 6.28. The summed E-state index contributed by atoms with van der Waals surface area (Å²) in [5.41, 5.74) is 4.67. The quantitative estimate of drug-likeness (QED) is 0.665. The molecule has 0 aliphatic carbocycles. The Bertz CT molecular complexity index is 854. The summed E-state index contributed by atoms with van der Waals surface area (Å²) in [5, 5.41) is 26.9. The van der Waals surface area contributed by atoms with Gasteiger partial charge in [0.15, 0.2) is 5.69 Å². The van der Waals surface area contributed by atoms with Crippen LogP contribution in [0.4, 0.5) is 0 Å². The lowest BCUT2D eigenvalue weighted by Crippen LogP contribution is -2.36. The first-order chi connectivity index (χ1) is 12.8. The van der Waals surface area contributed by atoms with Gasteiger partial charge in [-0.25, -0.2) is 4.79 Å². The fraction of sp³-hybridized carbons (Fsp3) is 0.471. The number of nitrogens with one attached hydrogen (secondary N) is 1. The molecule has 1 aliphatic heterocycles. The molecule has 1 amide bonds. The number of aromatic nitrogens is 4. The van der Waals surface area contributed by atoms with Crippen LogP contribution in [-0.2, 0) is 36.0 Å². The molecule has 0 aromatic carbocycles. The van der Waals surface area contributed by atoms with Gasteiger partial charge < -0.3 is 15.1 Å². The average Bonchev–Trinajstić information content (AvgIpc) is 3.14. The fourth-order valence-electron chi connectivity index (χ4n) is 3.28. The SMILES string of the molecule is Cc1nn(C)c(C)c1CCC(=O)N1CCc2c(C(=O)O)n[nH]c2C1.O=CO. The zero-order valence-corrected chi connectivity index (χ0v) is 15.5. The van der Waals surface area contributed by atoms with Gasteiger partial charge >= 0.3 is 5.97 Å². The van der Waals surface area contributed by atoms with Gasteiger partial charge in [0.2, 0.25) is 5.91 Å². The lowest BCUT2D eigenvalue weighted by Gasteiger charge is -2.26. The van der Waals surface area contributed by atoms with E-state index in [4.69, 9.17) is 15.0 Å². The van der Waals surface area contributed by atoms with Crippen LogP contribution in [0.3, 0.4) is 0 Å². The first-order valence-electron chi connectivity index (χ1n) is 8.44. The second-order valence-corrected chi connectivity index (χ2v) is 6.28. The van der Waals surface area contributed by atoms with Crippen LogP contribution in [0.2, 0.25) is 0 Å². The van der Waals surface area contributed by atoms with Crippen LogP contribution in [0.5, 0.6) is 0 Å². The number of carbonyl (C=O) groups is 3. The Morgan fingerprint density at radius 2 is 2.00 bits per heavy atom. The molecule has 3 heterocycles. The van der Waals surface area contributed by atoms with E-state index in [9.17, 15) is 9.59 Å². The Hall–Kier alpha value is -3.17. The van der Waals surface area contributed by atoms with Crippen LogP contribution in [0.1, 0.15) is 45.1 Å². The molecule has 10 nitrogen and oxygen atoms in total.